The molecule has 1 aromatic rings. The summed E-state index contributed by atoms with van der Waals surface area (Å²) in [6.45, 7) is 0. The molecule has 1 saturated heterocycles. The molecule has 1 aliphatic rings. The molecular formula is C10H7Cl2N3O2S. The molecule has 0 aromatic heterocycles. The summed E-state index contributed by atoms with van der Waals surface area (Å²) in [6.07, 6.45) is 0. The summed E-state index contributed by atoms with van der Waals surface area (Å²) in [5.74, 6) is 0.111. The van der Waals surface area contributed by atoms with E-state index in [1.54, 1.807) is 12.1 Å². The number of rotatable bonds is 1. The minimum atomic E-state index is -0.585. The molecule has 1 aromatic carbocycles. The Morgan fingerprint density at radius 3 is 2.78 bits per heavy atom. The van der Waals surface area contributed by atoms with Crippen LogP contribution >= 0.6 is 35.0 Å². The van der Waals surface area contributed by atoms with Crippen molar-refractivity contribution < 1.29 is 9.59 Å². The first-order valence-corrected chi connectivity index (χ1v) is 6.56. The van der Waals surface area contributed by atoms with Crippen molar-refractivity contribution in [1.29, 1.82) is 0 Å². The third-order valence-corrected chi connectivity index (χ3v) is 3.57. The van der Waals surface area contributed by atoms with Crippen LogP contribution in [0, 0.1) is 0 Å². The van der Waals surface area contributed by atoms with Crippen molar-refractivity contribution >= 4 is 57.8 Å². The van der Waals surface area contributed by atoms with Gasteiger partial charge in [-0.25, -0.2) is 4.79 Å². The van der Waals surface area contributed by atoms with E-state index in [1.807, 2.05) is 0 Å². The van der Waals surface area contributed by atoms with E-state index in [1.165, 1.54) is 17.8 Å². The number of anilines is 1. The van der Waals surface area contributed by atoms with Gasteiger partial charge in [-0.05, 0) is 18.2 Å². The van der Waals surface area contributed by atoms with Gasteiger partial charge in [0.1, 0.15) is 0 Å². The van der Waals surface area contributed by atoms with Crippen LogP contribution in [0.15, 0.2) is 23.2 Å². The largest absolute Gasteiger partial charge is 0.347 e. The number of hydrogen-bond donors (Lipinski definition) is 2. The quantitative estimate of drug-likeness (QED) is 0.838. The lowest BCUT2D eigenvalue weighted by Gasteiger charge is -2.03. The lowest BCUT2D eigenvalue weighted by atomic mass is 10.3. The van der Waals surface area contributed by atoms with Gasteiger partial charge in [0.2, 0.25) is 5.91 Å². The van der Waals surface area contributed by atoms with Gasteiger partial charge in [-0.15, -0.1) is 0 Å². The maximum Gasteiger partial charge on any atom is 0.347 e. The number of urea groups is 1. The fraction of sp³-hybridized carbons (Fsp3) is 0.100. The highest BCUT2D eigenvalue weighted by Crippen LogP contribution is 2.25. The lowest BCUT2D eigenvalue weighted by molar-refractivity contribution is -0.116. The van der Waals surface area contributed by atoms with Gasteiger partial charge in [-0.3, -0.25) is 4.79 Å². The number of amides is 3. The molecule has 2 N–H and O–H groups in total. The zero-order chi connectivity index (χ0) is 13.1. The highest BCUT2D eigenvalue weighted by atomic mass is 35.5. The van der Waals surface area contributed by atoms with Crippen LogP contribution in [0.25, 0.3) is 0 Å². The Bertz CT molecular complexity index is 548. The SMILES string of the molecule is O=C1CSC(=NC(=O)Nc2ccc(Cl)c(Cl)c2)N1. The van der Waals surface area contributed by atoms with E-state index in [0.29, 0.717) is 15.7 Å². The minimum Gasteiger partial charge on any atom is -0.306 e. The topological polar surface area (TPSA) is 70.6 Å². The summed E-state index contributed by atoms with van der Waals surface area (Å²) in [7, 11) is 0. The molecule has 2 rings (SSSR count). The second-order valence-corrected chi connectivity index (χ2v) is 5.09. The third kappa shape index (κ3) is 3.38. The number of thioether (sulfide) groups is 1. The fourth-order valence-electron chi connectivity index (χ4n) is 1.20. The molecular weight excluding hydrogens is 297 g/mol. The van der Waals surface area contributed by atoms with Crippen LogP contribution in [0.1, 0.15) is 0 Å². The van der Waals surface area contributed by atoms with E-state index < -0.39 is 6.03 Å². The number of halogens is 2. The number of benzene rings is 1. The Balaban J connectivity index is 2.03. The van der Waals surface area contributed by atoms with E-state index in [-0.39, 0.29) is 16.8 Å². The zero-order valence-electron chi connectivity index (χ0n) is 8.87. The lowest BCUT2D eigenvalue weighted by Crippen LogP contribution is -2.22. The summed E-state index contributed by atoms with van der Waals surface area (Å²) >= 11 is 12.7. The Labute approximate surface area is 117 Å². The molecule has 0 saturated carbocycles. The number of nitrogens with one attached hydrogen (secondary N) is 2. The van der Waals surface area contributed by atoms with Gasteiger partial charge in [0, 0.05) is 5.69 Å². The van der Waals surface area contributed by atoms with Crippen LogP contribution in [-0.2, 0) is 4.79 Å². The Morgan fingerprint density at radius 1 is 1.39 bits per heavy atom. The molecule has 0 atom stereocenters. The molecule has 94 valence electrons. The van der Waals surface area contributed by atoms with Crippen molar-refractivity contribution in [2.24, 2.45) is 4.99 Å². The molecule has 18 heavy (non-hydrogen) atoms. The van der Waals surface area contributed by atoms with Gasteiger partial charge in [-0.2, -0.15) is 4.99 Å². The molecule has 0 spiro atoms. The summed E-state index contributed by atoms with van der Waals surface area (Å²) in [5, 5.41) is 6.00. The van der Waals surface area contributed by atoms with E-state index in [0.717, 1.165) is 0 Å². The van der Waals surface area contributed by atoms with Crippen molar-refractivity contribution in [3.05, 3.63) is 28.2 Å². The van der Waals surface area contributed by atoms with Crippen LogP contribution in [0.3, 0.4) is 0 Å². The molecule has 0 bridgehead atoms. The molecule has 1 fully saturated rings. The van der Waals surface area contributed by atoms with E-state index in [9.17, 15) is 9.59 Å². The van der Waals surface area contributed by atoms with Gasteiger partial charge < -0.3 is 10.6 Å². The highest BCUT2D eigenvalue weighted by molar-refractivity contribution is 8.15. The average molecular weight is 304 g/mol. The molecule has 0 unspecified atom stereocenters. The van der Waals surface area contributed by atoms with E-state index in [2.05, 4.69) is 15.6 Å². The first kappa shape index (κ1) is 13.2. The number of hydrogen-bond acceptors (Lipinski definition) is 3. The van der Waals surface area contributed by atoms with Gasteiger partial charge in [-0.1, -0.05) is 35.0 Å². The third-order valence-electron chi connectivity index (χ3n) is 1.96. The summed E-state index contributed by atoms with van der Waals surface area (Å²) in [6, 6.07) is 4.10. The summed E-state index contributed by atoms with van der Waals surface area (Å²) < 4.78 is 0. The van der Waals surface area contributed by atoms with Crippen LogP contribution in [0.2, 0.25) is 10.0 Å². The van der Waals surface area contributed by atoms with Crippen LogP contribution in [0.5, 0.6) is 0 Å². The van der Waals surface area contributed by atoms with Crippen molar-refractivity contribution in [1.82, 2.24) is 5.32 Å². The molecule has 1 heterocycles. The summed E-state index contributed by atoms with van der Waals surface area (Å²) in [5.41, 5.74) is 0.480. The monoisotopic (exact) mass is 303 g/mol. The van der Waals surface area contributed by atoms with E-state index in [4.69, 9.17) is 23.2 Å². The smallest absolute Gasteiger partial charge is 0.306 e. The van der Waals surface area contributed by atoms with Crippen LogP contribution < -0.4 is 10.6 Å². The first-order chi connectivity index (χ1) is 8.54. The molecule has 5 nitrogen and oxygen atoms in total. The maximum absolute atomic E-state index is 11.5. The predicted octanol–water partition coefficient (Wildman–Crippen LogP) is 2.74. The molecule has 1 aliphatic heterocycles. The Hall–Kier alpha value is -1.24. The molecule has 0 radical (unpaired) electrons. The second kappa shape index (κ2) is 5.60. The Kier molecular flexibility index (Phi) is 4.11. The van der Waals surface area contributed by atoms with Crippen molar-refractivity contribution in [2.45, 2.75) is 0 Å². The van der Waals surface area contributed by atoms with Crippen LogP contribution in [0.4, 0.5) is 10.5 Å². The van der Waals surface area contributed by atoms with Crippen LogP contribution in [-0.4, -0.2) is 22.9 Å². The Morgan fingerprint density at radius 2 is 2.17 bits per heavy atom. The van der Waals surface area contributed by atoms with Gasteiger partial charge in [0.15, 0.2) is 5.17 Å². The number of carbonyl (C=O) groups excluding carboxylic acids is 2. The second-order valence-electron chi connectivity index (χ2n) is 3.31. The van der Waals surface area contributed by atoms with Gasteiger partial charge in [0.05, 0.1) is 15.8 Å². The molecule has 8 heteroatoms. The first-order valence-electron chi connectivity index (χ1n) is 4.82. The van der Waals surface area contributed by atoms with Crippen molar-refractivity contribution in [3.8, 4) is 0 Å². The average Bonchev–Trinajstić information content (AvgIpc) is 2.69. The normalized spacial score (nSPS) is 16.8. The number of nitrogens with zero attached hydrogens (tertiary/aromatic N) is 1. The van der Waals surface area contributed by atoms with Crippen molar-refractivity contribution in [3.63, 3.8) is 0 Å². The highest BCUT2D eigenvalue weighted by Gasteiger charge is 2.17. The number of aliphatic imine (C=N–C) groups is 1. The summed E-state index contributed by atoms with van der Waals surface area (Å²) in [4.78, 5) is 26.1. The maximum atomic E-state index is 11.5. The van der Waals surface area contributed by atoms with Gasteiger partial charge in [0.25, 0.3) is 0 Å². The zero-order valence-corrected chi connectivity index (χ0v) is 11.2. The number of amidine groups is 1. The molecule has 3 amide bonds. The van der Waals surface area contributed by atoms with Crippen molar-refractivity contribution in [2.75, 3.05) is 11.1 Å². The number of carbonyl (C=O) groups is 2. The standard InChI is InChI=1S/C10H7Cl2N3O2S/c11-6-2-1-5(3-7(6)12)13-9(17)15-10-14-8(16)4-18-10/h1-3H,4H2,(H2,13,14,15,16,17). The minimum absolute atomic E-state index is 0.166. The van der Waals surface area contributed by atoms with Gasteiger partial charge >= 0.3 is 6.03 Å². The molecule has 0 aliphatic carbocycles. The van der Waals surface area contributed by atoms with E-state index >= 15 is 0 Å². The fourth-order valence-corrected chi connectivity index (χ4v) is 2.17. The predicted molar refractivity (Wildman–Crippen MR) is 73.5 cm³/mol.